The summed E-state index contributed by atoms with van der Waals surface area (Å²) in [6, 6.07) is 0. The average Bonchev–Trinajstić information content (AvgIpc) is 1.88. The number of nitrogens with two attached hydrogens (primary N) is 1. The second-order valence-electron chi connectivity index (χ2n) is 1.40. The van der Waals surface area contributed by atoms with Gasteiger partial charge in [-0.15, -0.1) is 0 Å². The van der Waals surface area contributed by atoms with Crippen LogP contribution in [0, 0.1) is 0 Å². The minimum absolute atomic E-state index is 0.139. The molecule has 0 saturated heterocycles. The van der Waals surface area contributed by atoms with Crippen molar-refractivity contribution in [3.05, 3.63) is 0 Å². The Morgan fingerprint density at radius 3 is 1.62 bits per heavy atom. The number of hydrogen-bond donors (Lipinski definition) is 1. The zero-order valence-electron chi connectivity index (χ0n) is 5.68. The summed E-state index contributed by atoms with van der Waals surface area (Å²) in [6.45, 7) is 4.50. The summed E-state index contributed by atoms with van der Waals surface area (Å²) < 4.78 is 0. The SMILES string of the molecule is CCCC.NCC=O. The van der Waals surface area contributed by atoms with Gasteiger partial charge in [-0.1, -0.05) is 26.7 Å². The van der Waals surface area contributed by atoms with Crippen LogP contribution in [-0.4, -0.2) is 12.8 Å². The number of rotatable bonds is 2. The fourth-order valence-corrected chi connectivity index (χ4v) is 0. The van der Waals surface area contributed by atoms with Crippen molar-refractivity contribution in [1.29, 1.82) is 0 Å². The van der Waals surface area contributed by atoms with Crippen molar-refractivity contribution < 1.29 is 4.79 Å². The van der Waals surface area contributed by atoms with Gasteiger partial charge in [0.05, 0.1) is 0 Å². The second kappa shape index (κ2) is 15.9. The molecule has 0 aromatic heterocycles. The van der Waals surface area contributed by atoms with Gasteiger partial charge in [-0.25, -0.2) is 0 Å². The molecule has 0 aliphatic carbocycles. The summed E-state index contributed by atoms with van der Waals surface area (Å²) in [5.74, 6) is 0. The molecule has 0 aromatic rings. The normalized spacial score (nSPS) is 6.88. The van der Waals surface area contributed by atoms with E-state index in [1.165, 1.54) is 12.8 Å². The Hall–Kier alpha value is -0.370. The van der Waals surface area contributed by atoms with Gasteiger partial charge in [0.15, 0.2) is 0 Å². The molecule has 0 bridgehead atoms. The third-order valence-electron chi connectivity index (χ3n) is 0.596. The highest BCUT2D eigenvalue weighted by molar-refractivity contribution is 5.51. The van der Waals surface area contributed by atoms with Crippen molar-refractivity contribution in [2.45, 2.75) is 26.7 Å². The molecular weight excluding hydrogens is 102 g/mol. The summed E-state index contributed by atoms with van der Waals surface area (Å²) in [5.41, 5.74) is 4.66. The lowest BCUT2D eigenvalue weighted by molar-refractivity contribution is -0.106. The molecule has 50 valence electrons. The van der Waals surface area contributed by atoms with Crippen LogP contribution in [0.25, 0.3) is 0 Å². The molecular formula is C6H15NO. The first kappa shape index (κ1) is 10.6. The van der Waals surface area contributed by atoms with E-state index in [0.717, 1.165) is 0 Å². The van der Waals surface area contributed by atoms with Crippen LogP contribution >= 0.6 is 0 Å². The van der Waals surface area contributed by atoms with E-state index in [1.807, 2.05) is 0 Å². The van der Waals surface area contributed by atoms with Crippen LogP contribution in [0.2, 0.25) is 0 Å². The monoisotopic (exact) mass is 117 g/mol. The maximum absolute atomic E-state index is 9.05. The zero-order chi connectivity index (χ0) is 6.83. The van der Waals surface area contributed by atoms with Crippen molar-refractivity contribution in [2.75, 3.05) is 6.54 Å². The lowest BCUT2D eigenvalue weighted by Crippen LogP contribution is -1.97. The summed E-state index contributed by atoms with van der Waals surface area (Å²) in [5, 5.41) is 0. The first-order valence-corrected chi connectivity index (χ1v) is 2.97. The third-order valence-corrected chi connectivity index (χ3v) is 0.596. The van der Waals surface area contributed by atoms with Crippen molar-refractivity contribution >= 4 is 6.29 Å². The van der Waals surface area contributed by atoms with Gasteiger partial charge in [0, 0.05) is 6.54 Å². The van der Waals surface area contributed by atoms with Crippen molar-refractivity contribution in [1.82, 2.24) is 0 Å². The van der Waals surface area contributed by atoms with E-state index in [2.05, 4.69) is 19.6 Å². The largest absolute Gasteiger partial charge is 0.324 e. The first-order chi connectivity index (χ1) is 3.83. The molecule has 2 nitrogen and oxygen atoms in total. The van der Waals surface area contributed by atoms with Crippen molar-refractivity contribution in [3.63, 3.8) is 0 Å². The number of hydrogen-bond acceptors (Lipinski definition) is 2. The molecule has 0 heterocycles. The summed E-state index contributed by atoms with van der Waals surface area (Å²) in [6.07, 6.45) is 3.29. The van der Waals surface area contributed by atoms with Gasteiger partial charge in [0.25, 0.3) is 0 Å². The van der Waals surface area contributed by atoms with Gasteiger partial charge >= 0.3 is 0 Å². The van der Waals surface area contributed by atoms with Gasteiger partial charge in [0.1, 0.15) is 6.29 Å². The molecule has 8 heavy (non-hydrogen) atoms. The van der Waals surface area contributed by atoms with Crippen LogP contribution in [0.1, 0.15) is 26.7 Å². The molecule has 2 N–H and O–H groups in total. The molecule has 0 aliphatic heterocycles. The minimum Gasteiger partial charge on any atom is -0.324 e. The van der Waals surface area contributed by atoms with E-state index in [9.17, 15) is 0 Å². The highest BCUT2D eigenvalue weighted by Gasteiger charge is 1.56. The van der Waals surface area contributed by atoms with Crippen LogP contribution in [0.4, 0.5) is 0 Å². The van der Waals surface area contributed by atoms with Crippen molar-refractivity contribution in [3.8, 4) is 0 Å². The Labute approximate surface area is 51.1 Å². The molecule has 0 atom stereocenters. The van der Waals surface area contributed by atoms with Crippen LogP contribution < -0.4 is 5.73 Å². The average molecular weight is 117 g/mol. The Kier molecular flexibility index (Phi) is 21.1. The van der Waals surface area contributed by atoms with Gasteiger partial charge < -0.3 is 10.5 Å². The number of unbranched alkanes of at least 4 members (excludes halogenated alkanes) is 1. The molecule has 0 rings (SSSR count). The van der Waals surface area contributed by atoms with Crippen LogP contribution in [0.3, 0.4) is 0 Å². The standard InChI is InChI=1S/C4H10.C2H5NO/c1-3-4-2;3-1-2-4/h3-4H2,1-2H3;2H,1,3H2. The number of carbonyl (C=O) groups excluding carboxylic acids is 1. The first-order valence-electron chi connectivity index (χ1n) is 2.97. The van der Waals surface area contributed by atoms with E-state index < -0.39 is 0 Å². The van der Waals surface area contributed by atoms with Gasteiger partial charge in [0.2, 0.25) is 0 Å². The van der Waals surface area contributed by atoms with E-state index in [4.69, 9.17) is 4.79 Å². The van der Waals surface area contributed by atoms with E-state index in [0.29, 0.717) is 6.29 Å². The quantitative estimate of drug-likeness (QED) is 0.547. The maximum Gasteiger partial charge on any atom is 0.133 e. The fourth-order valence-electron chi connectivity index (χ4n) is 0. The van der Waals surface area contributed by atoms with Gasteiger partial charge in [-0.3, -0.25) is 0 Å². The minimum atomic E-state index is 0.139. The summed E-state index contributed by atoms with van der Waals surface area (Å²) in [7, 11) is 0. The molecule has 0 radical (unpaired) electrons. The molecule has 0 saturated carbocycles. The van der Waals surface area contributed by atoms with E-state index in [-0.39, 0.29) is 6.54 Å². The predicted molar refractivity (Wildman–Crippen MR) is 35.7 cm³/mol. The third kappa shape index (κ3) is 45.4. The van der Waals surface area contributed by atoms with Gasteiger partial charge in [-0.2, -0.15) is 0 Å². The zero-order valence-corrected chi connectivity index (χ0v) is 5.68. The molecule has 0 aliphatic rings. The number of aldehydes is 1. The van der Waals surface area contributed by atoms with Crippen LogP contribution in [0.15, 0.2) is 0 Å². The fraction of sp³-hybridized carbons (Fsp3) is 0.833. The van der Waals surface area contributed by atoms with Crippen LogP contribution in [0.5, 0.6) is 0 Å². The Morgan fingerprint density at radius 1 is 1.38 bits per heavy atom. The molecule has 0 unspecified atom stereocenters. The Bertz CT molecular complexity index is 35.5. The van der Waals surface area contributed by atoms with E-state index in [1.54, 1.807) is 0 Å². The van der Waals surface area contributed by atoms with Gasteiger partial charge in [-0.05, 0) is 0 Å². The predicted octanol–water partition coefficient (Wildman–Crippen LogP) is 0.950. The highest BCUT2D eigenvalue weighted by Crippen LogP contribution is 1.76. The van der Waals surface area contributed by atoms with E-state index >= 15 is 0 Å². The number of carbonyl (C=O) groups is 1. The Morgan fingerprint density at radius 2 is 1.62 bits per heavy atom. The molecule has 0 amide bonds. The topological polar surface area (TPSA) is 43.1 Å². The Balaban J connectivity index is 0. The second-order valence-corrected chi connectivity index (χ2v) is 1.40. The lowest BCUT2D eigenvalue weighted by atomic mass is 10.4. The molecule has 0 aromatic carbocycles. The maximum atomic E-state index is 9.05. The van der Waals surface area contributed by atoms with Crippen LogP contribution in [-0.2, 0) is 4.79 Å². The smallest absolute Gasteiger partial charge is 0.133 e. The molecule has 0 fully saturated rings. The van der Waals surface area contributed by atoms with Crippen molar-refractivity contribution in [2.24, 2.45) is 5.73 Å². The lowest BCUT2D eigenvalue weighted by Gasteiger charge is -1.68. The molecule has 0 spiro atoms. The molecule has 2 heteroatoms. The summed E-state index contributed by atoms with van der Waals surface area (Å²) >= 11 is 0. The summed E-state index contributed by atoms with van der Waals surface area (Å²) in [4.78, 5) is 9.05. The highest BCUT2D eigenvalue weighted by atomic mass is 16.1.